The smallest absolute Gasteiger partial charge is 0.277 e. The van der Waals surface area contributed by atoms with Gasteiger partial charge < -0.3 is 9.47 Å². The van der Waals surface area contributed by atoms with Crippen LogP contribution in [0.4, 0.5) is 0 Å². The molecule has 1 N–H and O–H groups in total. The molecule has 0 saturated carbocycles. The second kappa shape index (κ2) is 10.3. The third kappa shape index (κ3) is 5.95. The van der Waals surface area contributed by atoms with E-state index in [9.17, 15) is 4.79 Å². The van der Waals surface area contributed by atoms with Crippen molar-refractivity contribution in [2.24, 2.45) is 5.10 Å². The molecule has 0 spiro atoms. The summed E-state index contributed by atoms with van der Waals surface area (Å²) < 4.78 is 11.4. The lowest BCUT2D eigenvalue weighted by atomic mass is 10.1. The maximum atomic E-state index is 12.0. The Morgan fingerprint density at radius 2 is 1.56 bits per heavy atom. The zero-order chi connectivity index (χ0) is 22.2. The van der Waals surface area contributed by atoms with Gasteiger partial charge in [0, 0.05) is 0 Å². The number of nitrogens with one attached hydrogen (secondary N) is 1. The number of hydrogen-bond donors (Lipinski definition) is 1. The molecule has 0 bridgehead atoms. The number of fused-ring (bicyclic) bond motifs is 1. The van der Waals surface area contributed by atoms with E-state index in [1.54, 1.807) is 6.21 Å². The van der Waals surface area contributed by atoms with Crippen LogP contribution in [0.15, 0.2) is 96.1 Å². The lowest BCUT2D eigenvalue weighted by Crippen LogP contribution is -2.24. The monoisotopic (exact) mass is 424 g/mol. The average Bonchev–Trinajstić information content (AvgIpc) is 2.83. The SMILES string of the molecule is Cc1ccc(COc2ccc(/C=N/NC(=O)COc3ccc4ccccc4c3)cc2)cc1. The Balaban J connectivity index is 1.22. The minimum atomic E-state index is -0.326. The van der Waals surface area contributed by atoms with Crippen molar-refractivity contribution >= 4 is 22.9 Å². The van der Waals surface area contributed by atoms with Crippen LogP contribution in [0.3, 0.4) is 0 Å². The number of carbonyl (C=O) groups is 1. The van der Waals surface area contributed by atoms with Crippen molar-refractivity contribution in [2.75, 3.05) is 6.61 Å². The first-order valence-electron chi connectivity index (χ1n) is 10.4. The Morgan fingerprint density at radius 3 is 2.34 bits per heavy atom. The molecule has 0 radical (unpaired) electrons. The maximum Gasteiger partial charge on any atom is 0.277 e. The minimum absolute atomic E-state index is 0.110. The second-order valence-corrected chi connectivity index (χ2v) is 7.43. The molecule has 0 heterocycles. The fourth-order valence-corrected chi connectivity index (χ4v) is 3.12. The molecule has 0 fully saturated rings. The van der Waals surface area contributed by atoms with Crippen LogP contribution in [-0.4, -0.2) is 18.7 Å². The van der Waals surface area contributed by atoms with Crippen molar-refractivity contribution in [1.29, 1.82) is 0 Å². The normalized spacial score (nSPS) is 10.9. The summed E-state index contributed by atoms with van der Waals surface area (Å²) in [7, 11) is 0. The van der Waals surface area contributed by atoms with E-state index in [0.717, 1.165) is 27.6 Å². The second-order valence-electron chi connectivity index (χ2n) is 7.43. The van der Waals surface area contributed by atoms with Crippen LogP contribution in [0.5, 0.6) is 11.5 Å². The van der Waals surface area contributed by atoms with Gasteiger partial charge in [-0.15, -0.1) is 0 Å². The van der Waals surface area contributed by atoms with Gasteiger partial charge in [0.2, 0.25) is 0 Å². The molecule has 5 nitrogen and oxygen atoms in total. The Hall–Kier alpha value is -4.12. The maximum absolute atomic E-state index is 12.0. The predicted molar refractivity (Wildman–Crippen MR) is 127 cm³/mol. The quantitative estimate of drug-likeness (QED) is 0.310. The van der Waals surface area contributed by atoms with Gasteiger partial charge in [-0.2, -0.15) is 5.10 Å². The van der Waals surface area contributed by atoms with E-state index in [1.165, 1.54) is 5.56 Å². The molecule has 4 aromatic rings. The number of nitrogens with zero attached hydrogens (tertiary/aromatic N) is 1. The molecule has 0 unspecified atom stereocenters. The Kier molecular flexibility index (Phi) is 6.78. The first kappa shape index (κ1) is 21.1. The molecular weight excluding hydrogens is 400 g/mol. The van der Waals surface area contributed by atoms with Crippen LogP contribution in [-0.2, 0) is 11.4 Å². The first-order valence-corrected chi connectivity index (χ1v) is 10.4. The van der Waals surface area contributed by atoms with Crippen molar-refractivity contribution in [1.82, 2.24) is 5.43 Å². The van der Waals surface area contributed by atoms with Crippen molar-refractivity contribution in [2.45, 2.75) is 13.5 Å². The fraction of sp³-hybridized carbons (Fsp3) is 0.111. The van der Waals surface area contributed by atoms with Crippen molar-refractivity contribution < 1.29 is 14.3 Å². The number of ether oxygens (including phenoxy) is 2. The number of hydrazone groups is 1. The van der Waals surface area contributed by atoms with E-state index in [4.69, 9.17) is 9.47 Å². The summed E-state index contributed by atoms with van der Waals surface area (Å²) in [6.45, 7) is 2.47. The van der Waals surface area contributed by atoms with Gasteiger partial charge in [0.1, 0.15) is 18.1 Å². The summed E-state index contributed by atoms with van der Waals surface area (Å²) in [6.07, 6.45) is 1.58. The number of aryl methyl sites for hydroxylation is 1. The van der Waals surface area contributed by atoms with Crippen molar-refractivity contribution in [3.05, 3.63) is 108 Å². The highest BCUT2D eigenvalue weighted by Gasteiger charge is 2.03. The molecule has 4 aromatic carbocycles. The average molecular weight is 425 g/mol. The van der Waals surface area contributed by atoms with Gasteiger partial charge in [-0.25, -0.2) is 5.43 Å². The van der Waals surface area contributed by atoms with Crippen LogP contribution in [0.1, 0.15) is 16.7 Å². The zero-order valence-corrected chi connectivity index (χ0v) is 17.8. The van der Waals surface area contributed by atoms with Gasteiger partial charge in [0.25, 0.3) is 5.91 Å². The molecule has 0 atom stereocenters. The fourth-order valence-electron chi connectivity index (χ4n) is 3.12. The highest BCUT2D eigenvalue weighted by Crippen LogP contribution is 2.20. The summed E-state index contributed by atoms with van der Waals surface area (Å²) in [5.74, 6) is 1.09. The number of rotatable bonds is 8. The molecule has 0 aromatic heterocycles. The molecule has 5 heteroatoms. The molecule has 0 aliphatic heterocycles. The predicted octanol–water partition coefficient (Wildman–Crippen LogP) is 5.26. The largest absolute Gasteiger partial charge is 0.489 e. The van der Waals surface area contributed by atoms with E-state index < -0.39 is 0 Å². The standard InChI is InChI=1S/C27H24N2O3/c1-20-6-8-22(9-7-20)18-31-25-13-10-21(11-14-25)17-28-29-27(30)19-32-26-15-12-23-4-2-3-5-24(23)16-26/h2-17H,18-19H2,1H3,(H,29,30)/b28-17+. The van der Waals surface area contributed by atoms with E-state index >= 15 is 0 Å². The summed E-state index contributed by atoms with van der Waals surface area (Å²) in [5.41, 5.74) is 5.68. The molecule has 0 aliphatic carbocycles. The molecule has 4 rings (SSSR count). The van der Waals surface area contributed by atoms with E-state index in [2.05, 4.69) is 41.7 Å². The van der Waals surface area contributed by atoms with Crippen LogP contribution in [0.25, 0.3) is 10.8 Å². The van der Waals surface area contributed by atoms with Crippen molar-refractivity contribution in [3.8, 4) is 11.5 Å². The summed E-state index contributed by atoms with van der Waals surface area (Å²) in [6, 6.07) is 29.5. The lowest BCUT2D eigenvalue weighted by Gasteiger charge is -2.07. The Morgan fingerprint density at radius 1 is 0.844 bits per heavy atom. The molecule has 160 valence electrons. The van der Waals surface area contributed by atoms with Gasteiger partial charge in [0.05, 0.1) is 6.21 Å². The minimum Gasteiger partial charge on any atom is -0.489 e. The number of carbonyl (C=O) groups excluding carboxylic acids is 1. The summed E-state index contributed by atoms with van der Waals surface area (Å²) in [5, 5.41) is 6.18. The van der Waals surface area contributed by atoms with Gasteiger partial charge in [-0.1, -0.05) is 60.2 Å². The molecule has 32 heavy (non-hydrogen) atoms. The number of hydrogen-bond acceptors (Lipinski definition) is 4. The van der Waals surface area contributed by atoms with E-state index in [1.807, 2.05) is 66.7 Å². The van der Waals surface area contributed by atoms with Crippen LogP contribution in [0.2, 0.25) is 0 Å². The van der Waals surface area contributed by atoms with Gasteiger partial charge in [-0.05, 0) is 65.2 Å². The topological polar surface area (TPSA) is 59.9 Å². The first-order chi connectivity index (χ1) is 15.7. The summed E-state index contributed by atoms with van der Waals surface area (Å²) >= 11 is 0. The Labute approximate surface area is 187 Å². The molecule has 0 aliphatic rings. The van der Waals surface area contributed by atoms with Gasteiger partial charge in [-0.3, -0.25) is 4.79 Å². The third-order valence-corrected chi connectivity index (χ3v) is 4.90. The van der Waals surface area contributed by atoms with E-state index in [0.29, 0.717) is 12.4 Å². The van der Waals surface area contributed by atoms with Gasteiger partial charge in [0.15, 0.2) is 6.61 Å². The summed E-state index contributed by atoms with van der Waals surface area (Å²) in [4.78, 5) is 12.0. The lowest BCUT2D eigenvalue weighted by molar-refractivity contribution is -0.123. The van der Waals surface area contributed by atoms with Crippen LogP contribution < -0.4 is 14.9 Å². The molecule has 0 saturated heterocycles. The highest BCUT2D eigenvalue weighted by molar-refractivity contribution is 5.84. The van der Waals surface area contributed by atoms with Crippen LogP contribution >= 0.6 is 0 Å². The molecular formula is C27H24N2O3. The molecule has 1 amide bonds. The van der Waals surface area contributed by atoms with E-state index in [-0.39, 0.29) is 12.5 Å². The van der Waals surface area contributed by atoms with Crippen molar-refractivity contribution in [3.63, 3.8) is 0 Å². The Bertz CT molecular complexity index is 1220. The van der Waals surface area contributed by atoms with Crippen LogP contribution in [0, 0.1) is 6.92 Å². The van der Waals surface area contributed by atoms with Gasteiger partial charge >= 0.3 is 0 Å². The third-order valence-electron chi connectivity index (χ3n) is 4.90. The zero-order valence-electron chi connectivity index (χ0n) is 17.8. The highest BCUT2D eigenvalue weighted by atomic mass is 16.5. The number of amides is 1. The number of benzene rings is 4.